The first-order valence-electron chi connectivity index (χ1n) is 10.4. The molecule has 1 saturated heterocycles. The van der Waals surface area contributed by atoms with Crippen LogP contribution in [0.5, 0.6) is 5.88 Å². The van der Waals surface area contributed by atoms with Crippen molar-refractivity contribution in [3.05, 3.63) is 41.9 Å². The fourth-order valence-corrected chi connectivity index (χ4v) is 3.99. The van der Waals surface area contributed by atoms with Crippen LogP contribution in [0.4, 0.5) is 0 Å². The summed E-state index contributed by atoms with van der Waals surface area (Å²) in [6.07, 6.45) is 10.7. The summed E-state index contributed by atoms with van der Waals surface area (Å²) in [5.74, 6) is 1.59. The number of nitrogens with zero attached hydrogens (tertiary/aromatic N) is 5. The Kier molecular flexibility index (Phi) is 6.29. The monoisotopic (exact) mass is 398 g/mol. The Morgan fingerprint density at radius 1 is 1.38 bits per heavy atom. The van der Waals surface area contributed by atoms with E-state index in [1.54, 1.807) is 10.9 Å². The van der Waals surface area contributed by atoms with Gasteiger partial charge in [0.25, 0.3) is 0 Å². The molecule has 156 valence electrons. The van der Waals surface area contributed by atoms with Gasteiger partial charge in [0.15, 0.2) is 5.96 Å². The largest absolute Gasteiger partial charge is 0.474 e. The van der Waals surface area contributed by atoms with Crippen molar-refractivity contribution in [3.8, 4) is 5.88 Å². The number of guanidine groups is 1. The SMILES string of the molecule is CN=C(NCc1cccnc1OC1CCCC1)N1CCOC(c2cnn(C)c2)C1. The topological polar surface area (TPSA) is 76.8 Å². The number of aliphatic imine (C=N–C) groups is 1. The van der Waals surface area contributed by atoms with Gasteiger partial charge in [-0.05, 0) is 31.7 Å². The molecule has 8 nitrogen and oxygen atoms in total. The lowest BCUT2D eigenvalue weighted by atomic mass is 10.1. The second-order valence-electron chi connectivity index (χ2n) is 7.65. The lowest BCUT2D eigenvalue weighted by Gasteiger charge is -2.34. The molecule has 2 aromatic heterocycles. The minimum absolute atomic E-state index is 0.00403. The highest BCUT2D eigenvalue weighted by molar-refractivity contribution is 5.80. The molecule has 1 atom stereocenters. The number of rotatable bonds is 5. The van der Waals surface area contributed by atoms with Crippen LogP contribution in [0.15, 0.2) is 35.7 Å². The summed E-state index contributed by atoms with van der Waals surface area (Å²) in [6, 6.07) is 4.02. The lowest BCUT2D eigenvalue weighted by Crippen LogP contribution is -2.48. The van der Waals surface area contributed by atoms with Crippen molar-refractivity contribution in [2.24, 2.45) is 12.0 Å². The van der Waals surface area contributed by atoms with Gasteiger partial charge in [0.2, 0.25) is 5.88 Å². The van der Waals surface area contributed by atoms with Crippen molar-refractivity contribution in [1.82, 2.24) is 25.0 Å². The summed E-state index contributed by atoms with van der Waals surface area (Å²) in [6.45, 7) is 2.82. The Hall–Kier alpha value is -2.61. The van der Waals surface area contributed by atoms with Crippen molar-refractivity contribution >= 4 is 5.96 Å². The molecule has 2 fully saturated rings. The van der Waals surface area contributed by atoms with E-state index in [1.807, 2.05) is 32.6 Å². The summed E-state index contributed by atoms with van der Waals surface area (Å²) in [4.78, 5) is 11.2. The molecule has 3 heterocycles. The number of nitrogens with one attached hydrogen (secondary N) is 1. The molecule has 1 aliphatic heterocycles. The van der Waals surface area contributed by atoms with Gasteiger partial charge < -0.3 is 19.7 Å². The van der Waals surface area contributed by atoms with Crippen LogP contribution in [-0.2, 0) is 18.3 Å². The standard InChI is InChI=1S/C21H30N6O2/c1-22-21(27-10-11-28-19(15-27)17-13-25-26(2)14-17)24-12-16-6-5-9-23-20(16)29-18-7-3-4-8-18/h5-6,9,13-14,18-19H,3-4,7-8,10-12,15H2,1-2H3,(H,22,24). The summed E-state index contributed by atoms with van der Waals surface area (Å²) in [5.41, 5.74) is 2.14. The predicted molar refractivity (Wildman–Crippen MR) is 111 cm³/mol. The average Bonchev–Trinajstić information content (AvgIpc) is 3.42. The van der Waals surface area contributed by atoms with E-state index in [0.717, 1.165) is 48.9 Å². The molecule has 4 rings (SSSR count). The van der Waals surface area contributed by atoms with Gasteiger partial charge in [0, 0.05) is 50.7 Å². The molecule has 0 spiro atoms. The van der Waals surface area contributed by atoms with Crippen LogP contribution >= 0.6 is 0 Å². The van der Waals surface area contributed by atoms with Crippen LogP contribution < -0.4 is 10.1 Å². The van der Waals surface area contributed by atoms with Gasteiger partial charge in [-0.3, -0.25) is 9.67 Å². The van der Waals surface area contributed by atoms with Crippen LogP contribution in [-0.4, -0.2) is 58.5 Å². The molecule has 0 aromatic carbocycles. The third kappa shape index (κ3) is 4.87. The molecule has 0 amide bonds. The molecule has 1 aliphatic carbocycles. The number of pyridine rings is 1. The number of aryl methyl sites for hydroxylation is 1. The van der Waals surface area contributed by atoms with Gasteiger partial charge in [0.05, 0.1) is 19.3 Å². The molecule has 0 bridgehead atoms. The molecular weight excluding hydrogens is 368 g/mol. The number of aromatic nitrogens is 3. The molecule has 1 saturated carbocycles. The predicted octanol–water partition coefficient (Wildman–Crippen LogP) is 2.29. The van der Waals surface area contributed by atoms with Gasteiger partial charge in [-0.1, -0.05) is 6.07 Å². The quantitative estimate of drug-likeness (QED) is 0.615. The van der Waals surface area contributed by atoms with E-state index in [1.165, 1.54) is 12.8 Å². The Bertz CT molecular complexity index is 830. The van der Waals surface area contributed by atoms with Crippen LogP contribution in [0.2, 0.25) is 0 Å². The van der Waals surface area contributed by atoms with Crippen molar-refractivity contribution in [2.75, 3.05) is 26.7 Å². The second kappa shape index (κ2) is 9.26. The maximum Gasteiger partial charge on any atom is 0.218 e. The lowest BCUT2D eigenvalue weighted by molar-refractivity contribution is -0.00805. The molecule has 1 N–H and O–H groups in total. The fraction of sp³-hybridized carbons (Fsp3) is 0.571. The highest BCUT2D eigenvalue weighted by Gasteiger charge is 2.25. The van der Waals surface area contributed by atoms with Crippen molar-refractivity contribution in [2.45, 2.75) is 44.4 Å². The summed E-state index contributed by atoms with van der Waals surface area (Å²) >= 11 is 0. The molecule has 2 aromatic rings. The summed E-state index contributed by atoms with van der Waals surface area (Å²) < 4.78 is 13.9. The Morgan fingerprint density at radius 3 is 3.00 bits per heavy atom. The zero-order valence-electron chi connectivity index (χ0n) is 17.3. The first kappa shape index (κ1) is 19.7. The maximum atomic E-state index is 6.16. The van der Waals surface area contributed by atoms with Crippen LogP contribution in [0.25, 0.3) is 0 Å². The maximum absolute atomic E-state index is 6.16. The highest BCUT2D eigenvalue weighted by atomic mass is 16.5. The summed E-state index contributed by atoms with van der Waals surface area (Å²) in [5, 5.41) is 7.74. The molecule has 29 heavy (non-hydrogen) atoms. The number of hydrogen-bond acceptors (Lipinski definition) is 5. The third-order valence-corrected chi connectivity index (χ3v) is 5.54. The van der Waals surface area contributed by atoms with Gasteiger partial charge in [0.1, 0.15) is 12.2 Å². The van der Waals surface area contributed by atoms with E-state index in [9.17, 15) is 0 Å². The minimum atomic E-state index is -0.00403. The van der Waals surface area contributed by atoms with E-state index >= 15 is 0 Å². The molecule has 8 heteroatoms. The van der Waals surface area contributed by atoms with Crippen LogP contribution in [0.3, 0.4) is 0 Å². The number of hydrogen-bond donors (Lipinski definition) is 1. The Morgan fingerprint density at radius 2 is 2.24 bits per heavy atom. The van der Waals surface area contributed by atoms with Crippen LogP contribution in [0.1, 0.15) is 42.9 Å². The molecule has 0 radical (unpaired) electrons. The first-order valence-corrected chi connectivity index (χ1v) is 10.4. The van der Waals surface area contributed by atoms with E-state index in [-0.39, 0.29) is 6.10 Å². The first-order chi connectivity index (χ1) is 14.2. The van der Waals surface area contributed by atoms with E-state index in [2.05, 4.69) is 31.4 Å². The Balaban J connectivity index is 1.38. The zero-order valence-corrected chi connectivity index (χ0v) is 17.3. The van der Waals surface area contributed by atoms with Crippen molar-refractivity contribution in [3.63, 3.8) is 0 Å². The summed E-state index contributed by atoms with van der Waals surface area (Å²) in [7, 11) is 3.74. The molecule has 1 unspecified atom stereocenters. The number of ether oxygens (including phenoxy) is 2. The van der Waals surface area contributed by atoms with Crippen molar-refractivity contribution in [1.29, 1.82) is 0 Å². The van der Waals surface area contributed by atoms with Crippen LogP contribution in [0, 0.1) is 0 Å². The molecule has 2 aliphatic rings. The van der Waals surface area contributed by atoms with E-state index < -0.39 is 0 Å². The van der Waals surface area contributed by atoms with Gasteiger partial charge in [-0.2, -0.15) is 5.10 Å². The third-order valence-electron chi connectivity index (χ3n) is 5.54. The van der Waals surface area contributed by atoms with Gasteiger partial charge >= 0.3 is 0 Å². The fourth-order valence-electron chi connectivity index (χ4n) is 3.99. The highest BCUT2D eigenvalue weighted by Crippen LogP contribution is 2.25. The zero-order chi connectivity index (χ0) is 20.1. The van der Waals surface area contributed by atoms with Gasteiger partial charge in [-0.25, -0.2) is 4.98 Å². The van der Waals surface area contributed by atoms with Gasteiger partial charge in [-0.15, -0.1) is 0 Å². The molecular formula is C21H30N6O2. The van der Waals surface area contributed by atoms with E-state index in [4.69, 9.17) is 9.47 Å². The smallest absolute Gasteiger partial charge is 0.218 e. The average molecular weight is 399 g/mol. The number of morpholine rings is 1. The van der Waals surface area contributed by atoms with E-state index in [0.29, 0.717) is 19.3 Å². The Labute approximate surface area is 171 Å². The second-order valence-corrected chi connectivity index (χ2v) is 7.65. The normalized spacial score (nSPS) is 20.8. The van der Waals surface area contributed by atoms with Crippen molar-refractivity contribution < 1.29 is 9.47 Å². The minimum Gasteiger partial charge on any atom is -0.474 e.